The summed E-state index contributed by atoms with van der Waals surface area (Å²) in [6, 6.07) is 48.9. The molecule has 0 N–H and O–H groups in total. The second kappa shape index (κ2) is 18.3. The zero-order valence-corrected chi connectivity index (χ0v) is 32.2. The molecule has 5 aromatic carbocycles. The number of rotatable bonds is 15. The van der Waals surface area contributed by atoms with Crippen LogP contribution < -0.4 is 10.4 Å². The van der Waals surface area contributed by atoms with Crippen molar-refractivity contribution in [3.05, 3.63) is 181 Å². The molecule has 7 nitrogen and oxygen atoms in total. The maximum atomic E-state index is 14.5. The second-order valence-electron chi connectivity index (χ2n) is 14.5. The van der Waals surface area contributed by atoms with E-state index in [1.54, 1.807) is 11.0 Å². The third kappa shape index (κ3) is 8.97. The number of carbonyl (C=O) groups excluding carboxylic acids is 2. The number of hydrogen-bond acceptors (Lipinski definition) is 6. The molecule has 0 aliphatic carbocycles. The molecule has 6 rings (SSSR count). The normalized spacial score (nSPS) is 18.8. The molecule has 0 aromatic heterocycles. The molecule has 0 bridgehead atoms. The van der Waals surface area contributed by atoms with Crippen molar-refractivity contribution in [3.63, 3.8) is 0 Å². The zero-order chi connectivity index (χ0) is 37.8. The van der Waals surface area contributed by atoms with Gasteiger partial charge in [0.15, 0.2) is 0 Å². The molecule has 278 valence electrons. The summed E-state index contributed by atoms with van der Waals surface area (Å²) >= 11 is 0. The van der Waals surface area contributed by atoms with Crippen molar-refractivity contribution in [2.45, 2.75) is 69.9 Å². The molecule has 0 saturated carbocycles. The average Bonchev–Trinajstić information content (AvgIpc) is 3.50. The van der Waals surface area contributed by atoms with E-state index in [0.29, 0.717) is 6.29 Å². The Labute approximate surface area is 320 Å². The van der Waals surface area contributed by atoms with Crippen LogP contribution in [0.4, 0.5) is 4.79 Å². The number of benzene rings is 5. The minimum Gasteiger partial charge on any atom is -0.445 e. The number of carbonyl (C=O) groups is 2. The van der Waals surface area contributed by atoms with Gasteiger partial charge in [-0.2, -0.15) is 0 Å². The van der Waals surface area contributed by atoms with Crippen LogP contribution in [0.5, 0.6) is 0 Å². The Kier molecular flexibility index (Phi) is 13.1. The van der Waals surface area contributed by atoms with Crippen molar-refractivity contribution in [3.8, 4) is 0 Å². The molecule has 1 saturated heterocycles. The van der Waals surface area contributed by atoms with E-state index in [4.69, 9.17) is 18.6 Å². The van der Waals surface area contributed by atoms with E-state index in [1.807, 2.05) is 103 Å². The van der Waals surface area contributed by atoms with Crippen LogP contribution in [-0.4, -0.2) is 56.5 Å². The minimum absolute atomic E-state index is 0.0770. The van der Waals surface area contributed by atoms with Crippen molar-refractivity contribution in [1.29, 1.82) is 0 Å². The van der Waals surface area contributed by atoms with Crippen LogP contribution in [0.25, 0.3) is 0 Å². The molecule has 0 radical (unpaired) electrons. The van der Waals surface area contributed by atoms with Gasteiger partial charge in [0.1, 0.15) is 25.1 Å². The highest BCUT2D eigenvalue weighted by atomic mass is 28.4. The lowest BCUT2D eigenvalue weighted by atomic mass is 10.1. The summed E-state index contributed by atoms with van der Waals surface area (Å²) in [5.41, 5.74) is 2.82. The maximum Gasteiger partial charge on any atom is 0.411 e. The van der Waals surface area contributed by atoms with Crippen molar-refractivity contribution in [2.24, 2.45) is 0 Å². The number of allylic oxidation sites excluding steroid dienone is 1. The van der Waals surface area contributed by atoms with E-state index in [0.717, 1.165) is 27.1 Å². The number of aldehydes is 1. The van der Waals surface area contributed by atoms with Crippen molar-refractivity contribution < 1.29 is 28.2 Å². The molecule has 1 fully saturated rings. The van der Waals surface area contributed by atoms with Crippen LogP contribution in [0.15, 0.2) is 164 Å². The Morgan fingerprint density at radius 1 is 0.630 bits per heavy atom. The first-order valence-electron chi connectivity index (χ1n) is 18.5. The lowest BCUT2D eigenvalue weighted by Gasteiger charge is -2.44. The monoisotopic (exact) mass is 739 g/mol. The molecular formula is C46H49NO6Si. The molecule has 1 aliphatic heterocycles. The van der Waals surface area contributed by atoms with Crippen molar-refractivity contribution in [2.75, 3.05) is 6.61 Å². The van der Waals surface area contributed by atoms with Crippen molar-refractivity contribution >= 4 is 31.1 Å². The van der Waals surface area contributed by atoms with Gasteiger partial charge >= 0.3 is 6.09 Å². The first kappa shape index (κ1) is 38.6. The van der Waals surface area contributed by atoms with Gasteiger partial charge in [-0.3, -0.25) is 9.69 Å². The predicted octanol–water partition coefficient (Wildman–Crippen LogP) is 7.88. The van der Waals surface area contributed by atoms with Gasteiger partial charge < -0.3 is 18.6 Å². The van der Waals surface area contributed by atoms with E-state index in [2.05, 4.69) is 69.3 Å². The molecular weight excluding hydrogens is 691 g/mol. The van der Waals surface area contributed by atoms with E-state index in [-0.39, 0.29) is 31.5 Å². The van der Waals surface area contributed by atoms with Crippen molar-refractivity contribution in [1.82, 2.24) is 4.90 Å². The van der Waals surface area contributed by atoms with Gasteiger partial charge in [0.05, 0.1) is 31.9 Å². The third-order valence-corrected chi connectivity index (χ3v) is 15.0. The molecule has 0 spiro atoms. The van der Waals surface area contributed by atoms with Crippen LogP contribution in [0.2, 0.25) is 5.04 Å². The maximum absolute atomic E-state index is 14.5. The molecule has 4 atom stereocenters. The summed E-state index contributed by atoms with van der Waals surface area (Å²) in [6.45, 7) is 7.44. The quantitative estimate of drug-likeness (QED) is 0.0619. The lowest BCUT2D eigenvalue weighted by Crippen LogP contribution is -2.67. The van der Waals surface area contributed by atoms with E-state index in [1.165, 1.54) is 6.08 Å². The number of ether oxygens (including phenoxy) is 3. The van der Waals surface area contributed by atoms with Gasteiger partial charge in [-0.1, -0.05) is 179 Å². The number of likely N-dealkylation sites (tertiary alicyclic amines) is 1. The third-order valence-electron chi connectivity index (χ3n) is 9.98. The predicted molar refractivity (Wildman–Crippen MR) is 215 cm³/mol. The molecule has 0 unspecified atom stereocenters. The fraction of sp³-hybridized carbons (Fsp3) is 0.261. The van der Waals surface area contributed by atoms with Gasteiger partial charge in [0.2, 0.25) is 0 Å². The topological polar surface area (TPSA) is 74.3 Å². The van der Waals surface area contributed by atoms with E-state index in [9.17, 15) is 9.59 Å². The summed E-state index contributed by atoms with van der Waals surface area (Å²) < 4.78 is 27.2. The van der Waals surface area contributed by atoms with Crippen LogP contribution in [0, 0.1) is 0 Å². The zero-order valence-electron chi connectivity index (χ0n) is 31.2. The molecule has 8 heteroatoms. The Morgan fingerprint density at radius 3 is 1.50 bits per heavy atom. The SMILES string of the molecule is CC(C)(C)[Si](OC[C@@H]1[C@@H](OCc2ccccc2)[C@H](OCc2ccccc2)[C@H](/C=C/C=O)N1C(=O)OCc1ccccc1)(c1ccccc1)c1ccccc1. The summed E-state index contributed by atoms with van der Waals surface area (Å²) in [5.74, 6) is 0. The highest BCUT2D eigenvalue weighted by Crippen LogP contribution is 2.39. The number of nitrogens with zero attached hydrogens (tertiary/aromatic N) is 1. The molecule has 1 aliphatic rings. The number of hydrogen-bond donors (Lipinski definition) is 0. The Morgan fingerprint density at radius 2 is 1.06 bits per heavy atom. The van der Waals surface area contributed by atoms with Crippen LogP contribution in [-0.2, 0) is 43.3 Å². The van der Waals surface area contributed by atoms with Crippen LogP contribution in [0.3, 0.4) is 0 Å². The lowest BCUT2D eigenvalue weighted by molar-refractivity contribution is -0.104. The van der Waals surface area contributed by atoms with Crippen LogP contribution in [0.1, 0.15) is 37.5 Å². The second-order valence-corrected chi connectivity index (χ2v) is 18.8. The van der Waals surface area contributed by atoms with E-state index >= 15 is 0 Å². The van der Waals surface area contributed by atoms with Gasteiger partial charge in [0.25, 0.3) is 8.32 Å². The molecule has 54 heavy (non-hydrogen) atoms. The average molecular weight is 740 g/mol. The van der Waals surface area contributed by atoms with E-state index < -0.39 is 38.7 Å². The van der Waals surface area contributed by atoms with Gasteiger partial charge in [-0.25, -0.2) is 4.79 Å². The Hall–Kier alpha value is -5.12. The fourth-order valence-electron chi connectivity index (χ4n) is 7.44. The van der Waals surface area contributed by atoms with Gasteiger partial charge in [-0.05, 0) is 38.2 Å². The smallest absolute Gasteiger partial charge is 0.411 e. The highest BCUT2D eigenvalue weighted by Gasteiger charge is 2.56. The first-order valence-corrected chi connectivity index (χ1v) is 20.4. The Bertz CT molecular complexity index is 1880. The van der Waals surface area contributed by atoms with Gasteiger partial charge in [0, 0.05) is 0 Å². The molecule has 5 aromatic rings. The number of amides is 1. The van der Waals surface area contributed by atoms with Gasteiger partial charge in [-0.15, -0.1) is 0 Å². The van der Waals surface area contributed by atoms with Crippen LogP contribution >= 0.6 is 0 Å². The minimum atomic E-state index is -3.06. The fourth-order valence-corrected chi connectivity index (χ4v) is 12.0. The molecule has 1 heterocycles. The first-order chi connectivity index (χ1) is 26.3. The summed E-state index contributed by atoms with van der Waals surface area (Å²) in [5, 5.41) is 1.93. The summed E-state index contributed by atoms with van der Waals surface area (Å²) in [7, 11) is -3.06. The Balaban J connectivity index is 1.45. The summed E-state index contributed by atoms with van der Waals surface area (Å²) in [6.07, 6.45) is 1.98. The standard InChI is InChI=1S/C46H49NO6Si/c1-46(2,3)54(39-26-15-7-16-27-39,40-28-17-8-18-29-40)53-35-42-44(51-33-37-22-11-5-12-23-37)43(50-32-36-20-9-4-10-21-36)41(30-19-31-48)47(42)45(49)52-34-38-24-13-6-14-25-38/h4-31,41-44H,32-35H2,1-3H3/b30-19+/t41-,42+,43+,44+/m0/s1. The highest BCUT2D eigenvalue weighted by molar-refractivity contribution is 6.99. The molecule has 1 amide bonds. The largest absolute Gasteiger partial charge is 0.445 e. The summed E-state index contributed by atoms with van der Waals surface area (Å²) in [4.78, 5) is 28.1.